The zero-order chi connectivity index (χ0) is 19.6. The van der Waals surface area contributed by atoms with Gasteiger partial charge in [-0.15, -0.1) is 11.3 Å². The van der Waals surface area contributed by atoms with Gasteiger partial charge in [0.1, 0.15) is 23.2 Å². The number of H-pyrrole nitrogens is 1. The van der Waals surface area contributed by atoms with Crippen LogP contribution in [0.15, 0.2) is 54.0 Å². The molecule has 146 valence electrons. The largest absolute Gasteiger partial charge is 0.489 e. The summed E-state index contributed by atoms with van der Waals surface area (Å²) in [5.41, 5.74) is 2.89. The van der Waals surface area contributed by atoms with Gasteiger partial charge in [-0.1, -0.05) is 6.07 Å². The summed E-state index contributed by atoms with van der Waals surface area (Å²) in [6.07, 6.45) is 2.91. The maximum Gasteiger partial charge on any atom is 0.259 e. The molecule has 0 spiro atoms. The molecule has 7 nitrogen and oxygen atoms in total. The van der Waals surface area contributed by atoms with E-state index in [0.717, 1.165) is 36.3 Å². The summed E-state index contributed by atoms with van der Waals surface area (Å²) in [6, 6.07) is 13.4. The van der Waals surface area contributed by atoms with Crippen molar-refractivity contribution in [2.75, 3.05) is 18.4 Å². The van der Waals surface area contributed by atoms with Crippen LogP contribution in [0.4, 0.5) is 5.13 Å². The molecule has 2 aromatic heterocycles. The summed E-state index contributed by atoms with van der Waals surface area (Å²) in [7, 11) is 0. The van der Waals surface area contributed by atoms with E-state index < -0.39 is 0 Å². The summed E-state index contributed by atoms with van der Waals surface area (Å²) >= 11 is 1.38. The number of rotatable bonds is 5. The van der Waals surface area contributed by atoms with Gasteiger partial charge in [0.15, 0.2) is 5.13 Å². The molecule has 5 rings (SSSR count). The number of aromatic amines is 1. The average Bonchev–Trinajstić information content (AvgIpc) is 3.50. The molecular formula is C21H19N5O2S. The molecule has 1 unspecified atom stereocenters. The first kappa shape index (κ1) is 17.8. The number of amides is 1. The minimum atomic E-state index is -0.225. The molecule has 0 bridgehead atoms. The predicted molar refractivity (Wildman–Crippen MR) is 113 cm³/mol. The molecule has 0 aliphatic carbocycles. The number of para-hydroxylation sites is 1. The highest BCUT2D eigenvalue weighted by Crippen LogP contribution is 2.26. The second-order valence-corrected chi connectivity index (χ2v) is 7.73. The first-order chi connectivity index (χ1) is 14.3. The number of aromatic nitrogens is 3. The molecule has 1 amide bonds. The summed E-state index contributed by atoms with van der Waals surface area (Å²) in [6.45, 7) is 1.89. The third-order valence-electron chi connectivity index (χ3n) is 4.86. The molecule has 3 heterocycles. The van der Waals surface area contributed by atoms with Crippen LogP contribution in [0.1, 0.15) is 16.8 Å². The van der Waals surface area contributed by atoms with Crippen LogP contribution in [-0.2, 0) is 0 Å². The van der Waals surface area contributed by atoms with Crippen molar-refractivity contribution >= 4 is 33.4 Å². The summed E-state index contributed by atoms with van der Waals surface area (Å²) in [5, 5.41) is 8.50. The number of imidazole rings is 1. The Morgan fingerprint density at radius 3 is 2.86 bits per heavy atom. The van der Waals surface area contributed by atoms with E-state index in [4.69, 9.17) is 4.74 Å². The topological polar surface area (TPSA) is 91.9 Å². The summed E-state index contributed by atoms with van der Waals surface area (Å²) in [5.74, 6) is 1.34. The lowest BCUT2D eigenvalue weighted by Crippen LogP contribution is -2.19. The number of nitrogens with one attached hydrogen (secondary N) is 3. The standard InChI is InChI=1S/C21H19N5O2S/c27-20(26-21-23-10-11-29-21)16-2-1-3-17-18(16)25-19(24-17)13-4-6-14(7-5-13)28-15-8-9-22-12-15/h1-7,10-11,15,22H,8-9,12H2,(H,24,25)(H,23,26,27). The number of benzene rings is 2. The average molecular weight is 405 g/mol. The van der Waals surface area contributed by atoms with Gasteiger partial charge in [0.2, 0.25) is 0 Å². The van der Waals surface area contributed by atoms with E-state index in [0.29, 0.717) is 22.0 Å². The Bertz CT molecular complexity index is 1130. The number of anilines is 1. The maximum atomic E-state index is 12.7. The van der Waals surface area contributed by atoms with Crippen molar-refractivity contribution in [3.8, 4) is 17.1 Å². The van der Waals surface area contributed by atoms with E-state index in [1.54, 1.807) is 12.3 Å². The van der Waals surface area contributed by atoms with Gasteiger partial charge >= 0.3 is 0 Å². The van der Waals surface area contributed by atoms with Gasteiger partial charge < -0.3 is 15.0 Å². The van der Waals surface area contributed by atoms with E-state index in [1.807, 2.05) is 41.8 Å². The van der Waals surface area contributed by atoms with Crippen LogP contribution in [0.5, 0.6) is 5.75 Å². The van der Waals surface area contributed by atoms with Crippen molar-refractivity contribution in [3.63, 3.8) is 0 Å². The number of fused-ring (bicyclic) bond motifs is 1. The molecule has 1 saturated heterocycles. The van der Waals surface area contributed by atoms with Crippen molar-refractivity contribution in [1.29, 1.82) is 0 Å². The highest BCUT2D eigenvalue weighted by Gasteiger charge is 2.17. The van der Waals surface area contributed by atoms with Crippen LogP contribution in [0.3, 0.4) is 0 Å². The van der Waals surface area contributed by atoms with Gasteiger partial charge in [-0.05, 0) is 49.4 Å². The van der Waals surface area contributed by atoms with Crippen molar-refractivity contribution in [2.45, 2.75) is 12.5 Å². The van der Waals surface area contributed by atoms with Crippen LogP contribution in [-0.4, -0.2) is 40.1 Å². The predicted octanol–water partition coefficient (Wildman–Crippen LogP) is 3.68. The second kappa shape index (κ2) is 7.65. The monoisotopic (exact) mass is 405 g/mol. The molecule has 8 heteroatoms. The fourth-order valence-corrected chi connectivity index (χ4v) is 3.94. The lowest BCUT2D eigenvalue weighted by molar-refractivity contribution is 0.102. The van der Waals surface area contributed by atoms with E-state index in [9.17, 15) is 4.79 Å². The Balaban J connectivity index is 1.40. The number of hydrogen-bond donors (Lipinski definition) is 3. The summed E-state index contributed by atoms with van der Waals surface area (Å²) < 4.78 is 5.97. The van der Waals surface area contributed by atoms with Gasteiger partial charge in [0, 0.05) is 23.7 Å². The molecule has 29 heavy (non-hydrogen) atoms. The van der Waals surface area contributed by atoms with E-state index in [-0.39, 0.29) is 12.0 Å². The number of nitrogens with zero attached hydrogens (tertiary/aromatic N) is 2. The molecule has 0 saturated carbocycles. The molecule has 2 aromatic carbocycles. The number of ether oxygens (including phenoxy) is 1. The minimum absolute atomic E-state index is 0.225. The van der Waals surface area contributed by atoms with Crippen LogP contribution < -0.4 is 15.4 Å². The van der Waals surface area contributed by atoms with Gasteiger partial charge in [0.25, 0.3) is 5.91 Å². The first-order valence-electron chi connectivity index (χ1n) is 9.44. The van der Waals surface area contributed by atoms with Crippen LogP contribution >= 0.6 is 11.3 Å². The molecule has 4 aromatic rings. The molecule has 3 N–H and O–H groups in total. The Morgan fingerprint density at radius 1 is 1.21 bits per heavy atom. The normalized spacial score (nSPS) is 16.2. The summed E-state index contributed by atoms with van der Waals surface area (Å²) in [4.78, 5) is 24.7. The zero-order valence-electron chi connectivity index (χ0n) is 15.5. The van der Waals surface area contributed by atoms with Gasteiger partial charge in [-0.2, -0.15) is 0 Å². The van der Waals surface area contributed by atoms with E-state index in [1.165, 1.54) is 11.3 Å². The Hall–Kier alpha value is -3.23. The van der Waals surface area contributed by atoms with Gasteiger partial charge in [-0.3, -0.25) is 10.1 Å². The van der Waals surface area contributed by atoms with Crippen LogP contribution in [0.25, 0.3) is 22.4 Å². The molecule has 1 fully saturated rings. The number of thiazole rings is 1. The Kier molecular flexibility index (Phi) is 4.71. The zero-order valence-corrected chi connectivity index (χ0v) is 16.3. The molecular weight excluding hydrogens is 386 g/mol. The van der Waals surface area contributed by atoms with Crippen LogP contribution in [0.2, 0.25) is 0 Å². The number of hydrogen-bond acceptors (Lipinski definition) is 6. The fourth-order valence-electron chi connectivity index (χ4n) is 3.41. The first-order valence-corrected chi connectivity index (χ1v) is 10.3. The Morgan fingerprint density at radius 2 is 2.10 bits per heavy atom. The lowest BCUT2D eigenvalue weighted by Gasteiger charge is -2.12. The maximum absolute atomic E-state index is 12.7. The highest BCUT2D eigenvalue weighted by molar-refractivity contribution is 7.13. The minimum Gasteiger partial charge on any atom is -0.489 e. The van der Waals surface area contributed by atoms with Crippen LogP contribution in [0, 0.1) is 0 Å². The second-order valence-electron chi connectivity index (χ2n) is 6.84. The van der Waals surface area contributed by atoms with E-state index in [2.05, 4.69) is 25.6 Å². The Labute approximate surface area is 171 Å². The lowest BCUT2D eigenvalue weighted by atomic mass is 10.2. The molecule has 1 aliphatic rings. The van der Waals surface area contributed by atoms with Gasteiger partial charge in [0.05, 0.1) is 11.1 Å². The molecule has 1 aliphatic heterocycles. The van der Waals surface area contributed by atoms with E-state index >= 15 is 0 Å². The highest BCUT2D eigenvalue weighted by atomic mass is 32.1. The molecule has 1 atom stereocenters. The van der Waals surface area contributed by atoms with Crippen molar-refractivity contribution in [3.05, 3.63) is 59.6 Å². The quantitative estimate of drug-likeness (QED) is 0.471. The van der Waals surface area contributed by atoms with Crippen molar-refractivity contribution in [2.24, 2.45) is 0 Å². The third-order valence-corrected chi connectivity index (χ3v) is 5.54. The SMILES string of the molecule is O=C(Nc1nccs1)c1cccc2[nH]c(-c3ccc(OC4CCNC4)cc3)nc12. The third kappa shape index (κ3) is 3.72. The smallest absolute Gasteiger partial charge is 0.259 e. The van der Waals surface area contributed by atoms with Crippen molar-refractivity contribution in [1.82, 2.24) is 20.3 Å². The fraction of sp³-hybridized carbons (Fsp3) is 0.190. The number of carbonyl (C=O) groups excluding carboxylic acids is 1. The van der Waals surface area contributed by atoms with Crippen molar-refractivity contribution < 1.29 is 9.53 Å². The number of carbonyl (C=O) groups is 1. The molecule has 0 radical (unpaired) electrons. The van der Waals surface area contributed by atoms with Gasteiger partial charge in [-0.25, -0.2) is 9.97 Å².